The summed E-state index contributed by atoms with van der Waals surface area (Å²) >= 11 is 0. The first-order valence-corrected chi connectivity index (χ1v) is 13.5. The lowest BCUT2D eigenvalue weighted by molar-refractivity contribution is 0.411. The number of hydrogen-bond donors (Lipinski definition) is 0. The molecule has 0 saturated carbocycles. The van der Waals surface area contributed by atoms with Crippen LogP contribution in [0, 0.1) is 12.3 Å². The van der Waals surface area contributed by atoms with Crippen molar-refractivity contribution >= 4 is 59.8 Å². The Bertz CT molecular complexity index is 2020. The van der Waals surface area contributed by atoms with E-state index in [4.69, 9.17) is 4.98 Å². The van der Waals surface area contributed by atoms with Gasteiger partial charge in [0.25, 0.3) is 0 Å². The van der Waals surface area contributed by atoms with Crippen LogP contribution in [0.3, 0.4) is 0 Å². The zero-order valence-corrected chi connectivity index (χ0v) is 23.0. The average Bonchev–Trinajstić information content (AvgIpc) is 3.17. The Morgan fingerprint density at radius 3 is 2.22 bits per heavy atom. The van der Waals surface area contributed by atoms with Gasteiger partial charge < -0.3 is 4.40 Å². The van der Waals surface area contributed by atoms with E-state index < -0.39 is 0 Å². The zero-order valence-electron chi connectivity index (χ0n) is 23.0. The van der Waals surface area contributed by atoms with Gasteiger partial charge in [-0.05, 0) is 69.2 Å². The molecule has 0 fully saturated rings. The minimum atomic E-state index is 0.0223. The first-order valence-electron chi connectivity index (χ1n) is 13.5. The van der Waals surface area contributed by atoms with E-state index in [0.29, 0.717) is 0 Å². The maximum absolute atomic E-state index is 5.02. The molecule has 3 heterocycles. The quantitative estimate of drug-likeness (QED) is 0.168. The number of fused-ring (bicyclic) bond motifs is 7. The van der Waals surface area contributed by atoms with Gasteiger partial charge in [0.05, 0.1) is 22.1 Å². The van der Waals surface area contributed by atoms with Gasteiger partial charge in [-0.2, -0.15) is 0 Å². The standard InChI is InChI=1S/C35H34N2/c1-20-24-13-11-21(19-34(2,3)4)17-23(24)18-27-30-29-22(15-16-36-30)12-14-26-25-9-8-10-28(35(5,6)7)32(25)37(31(20)27)33(26)29/h8-18H,19H2,1-7H3. The van der Waals surface area contributed by atoms with Crippen LogP contribution in [0.1, 0.15) is 58.2 Å². The van der Waals surface area contributed by atoms with Crippen molar-refractivity contribution < 1.29 is 0 Å². The highest BCUT2D eigenvalue weighted by Gasteiger charge is 2.25. The van der Waals surface area contributed by atoms with Crippen LogP contribution in [-0.4, -0.2) is 9.38 Å². The molecule has 0 spiro atoms. The predicted molar refractivity (Wildman–Crippen MR) is 161 cm³/mol. The van der Waals surface area contributed by atoms with Gasteiger partial charge in [0, 0.05) is 27.7 Å². The predicted octanol–water partition coefficient (Wildman–Crippen LogP) is 9.73. The molecule has 0 aliphatic heterocycles. The highest BCUT2D eigenvalue weighted by atomic mass is 14.9. The zero-order chi connectivity index (χ0) is 25.9. The highest BCUT2D eigenvalue weighted by molar-refractivity contribution is 6.29. The Kier molecular flexibility index (Phi) is 4.40. The summed E-state index contributed by atoms with van der Waals surface area (Å²) < 4.78 is 2.58. The van der Waals surface area contributed by atoms with Crippen molar-refractivity contribution in [3.05, 3.63) is 83.6 Å². The van der Waals surface area contributed by atoms with Crippen LogP contribution >= 0.6 is 0 Å². The molecule has 0 radical (unpaired) electrons. The maximum Gasteiger partial charge on any atom is 0.0823 e. The van der Waals surface area contributed by atoms with Gasteiger partial charge in [-0.15, -0.1) is 0 Å². The van der Waals surface area contributed by atoms with E-state index in [-0.39, 0.29) is 10.8 Å². The molecule has 37 heavy (non-hydrogen) atoms. The van der Waals surface area contributed by atoms with E-state index in [1.807, 2.05) is 6.20 Å². The Balaban J connectivity index is 1.77. The molecule has 0 unspecified atom stereocenters. The Morgan fingerprint density at radius 1 is 0.703 bits per heavy atom. The summed E-state index contributed by atoms with van der Waals surface area (Å²) in [6.07, 6.45) is 3.04. The number of rotatable bonds is 1. The van der Waals surface area contributed by atoms with Gasteiger partial charge in [0.2, 0.25) is 0 Å². The van der Waals surface area contributed by atoms with Crippen LogP contribution in [0.25, 0.3) is 59.8 Å². The molecule has 0 aliphatic carbocycles. The fourth-order valence-corrected chi connectivity index (χ4v) is 6.66. The number of hydrogen-bond acceptors (Lipinski definition) is 1. The number of aromatic nitrogens is 2. The van der Waals surface area contributed by atoms with Gasteiger partial charge >= 0.3 is 0 Å². The Hall–Kier alpha value is -3.65. The van der Waals surface area contributed by atoms with E-state index in [1.165, 1.54) is 70.9 Å². The van der Waals surface area contributed by atoms with Crippen molar-refractivity contribution in [1.29, 1.82) is 0 Å². The van der Waals surface area contributed by atoms with E-state index in [0.717, 1.165) is 11.9 Å². The Labute approximate surface area is 218 Å². The molecule has 0 atom stereocenters. The summed E-state index contributed by atoms with van der Waals surface area (Å²) in [6.45, 7) is 16.2. The smallest absolute Gasteiger partial charge is 0.0823 e. The van der Waals surface area contributed by atoms with Crippen molar-refractivity contribution in [3.63, 3.8) is 0 Å². The number of pyridine rings is 2. The largest absolute Gasteiger partial charge is 0.307 e. The second kappa shape index (κ2) is 7.22. The summed E-state index contributed by atoms with van der Waals surface area (Å²) in [5, 5.41) is 9.04. The minimum Gasteiger partial charge on any atom is -0.307 e. The third-order valence-electron chi connectivity index (χ3n) is 8.13. The minimum absolute atomic E-state index is 0.0223. The first kappa shape index (κ1) is 22.5. The van der Waals surface area contributed by atoms with E-state index in [9.17, 15) is 0 Å². The molecule has 2 nitrogen and oxygen atoms in total. The molecule has 0 amide bonds. The number of aryl methyl sites for hydroxylation is 1. The van der Waals surface area contributed by atoms with Crippen LogP contribution in [0.2, 0.25) is 0 Å². The van der Waals surface area contributed by atoms with E-state index in [2.05, 4.69) is 114 Å². The van der Waals surface area contributed by atoms with Crippen LogP contribution in [-0.2, 0) is 11.8 Å². The lowest BCUT2D eigenvalue weighted by Gasteiger charge is -2.22. The van der Waals surface area contributed by atoms with Crippen LogP contribution < -0.4 is 0 Å². The molecule has 0 bridgehead atoms. The number of para-hydroxylation sites is 1. The molecule has 3 aromatic heterocycles. The summed E-state index contributed by atoms with van der Waals surface area (Å²) in [6, 6.07) is 23.1. The van der Waals surface area contributed by atoms with Crippen molar-refractivity contribution in [2.45, 2.75) is 60.3 Å². The molecule has 184 valence electrons. The van der Waals surface area contributed by atoms with E-state index >= 15 is 0 Å². The molecule has 7 aromatic rings. The topological polar surface area (TPSA) is 17.3 Å². The van der Waals surface area contributed by atoms with Crippen molar-refractivity contribution in [2.24, 2.45) is 5.41 Å². The molecule has 0 N–H and O–H groups in total. The first-order chi connectivity index (χ1) is 17.5. The third kappa shape index (κ3) is 3.14. The molecule has 0 aliphatic rings. The summed E-state index contributed by atoms with van der Waals surface area (Å²) in [5.74, 6) is 0. The Morgan fingerprint density at radius 2 is 1.46 bits per heavy atom. The lowest BCUT2D eigenvalue weighted by atomic mass is 9.85. The van der Waals surface area contributed by atoms with Crippen molar-refractivity contribution in [3.8, 4) is 0 Å². The van der Waals surface area contributed by atoms with Crippen molar-refractivity contribution in [1.82, 2.24) is 9.38 Å². The normalized spacial score (nSPS) is 13.4. The highest BCUT2D eigenvalue weighted by Crippen LogP contribution is 2.45. The van der Waals surface area contributed by atoms with Gasteiger partial charge in [0.1, 0.15) is 0 Å². The van der Waals surface area contributed by atoms with Gasteiger partial charge in [-0.1, -0.05) is 90.1 Å². The maximum atomic E-state index is 5.02. The van der Waals surface area contributed by atoms with Crippen molar-refractivity contribution in [2.75, 3.05) is 0 Å². The van der Waals surface area contributed by atoms with Crippen LogP contribution in [0.15, 0.2) is 66.9 Å². The second-order valence-corrected chi connectivity index (χ2v) is 13.2. The van der Waals surface area contributed by atoms with Crippen LogP contribution in [0.4, 0.5) is 0 Å². The second-order valence-electron chi connectivity index (χ2n) is 13.2. The van der Waals surface area contributed by atoms with Gasteiger partial charge in [-0.25, -0.2) is 0 Å². The van der Waals surface area contributed by atoms with Gasteiger partial charge in [-0.3, -0.25) is 4.98 Å². The SMILES string of the molecule is Cc1c2ccc(CC(C)(C)C)cc2cc2c3nccc4ccc5c6cccc(C(C)(C)C)c6n(c12)c5c43. The molecule has 4 aromatic carbocycles. The average molecular weight is 483 g/mol. The summed E-state index contributed by atoms with van der Waals surface area (Å²) in [7, 11) is 0. The molecular formula is C35H34N2. The fourth-order valence-electron chi connectivity index (χ4n) is 6.66. The third-order valence-corrected chi connectivity index (χ3v) is 8.13. The molecule has 7 rings (SSSR count). The number of nitrogens with zero attached hydrogens (tertiary/aromatic N) is 2. The van der Waals surface area contributed by atoms with Gasteiger partial charge in [0.15, 0.2) is 0 Å². The van der Waals surface area contributed by atoms with E-state index in [1.54, 1.807) is 0 Å². The molecular weight excluding hydrogens is 448 g/mol. The summed E-state index contributed by atoms with van der Waals surface area (Å²) in [4.78, 5) is 5.02. The monoisotopic (exact) mass is 482 g/mol. The number of benzene rings is 4. The molecule has 2 heteroatoms. The lowest BCUT2D eigenvalue weighted by Crippen LogP contribution is -2.12. The fraction of sp³-hybridized carbons (Fsp3) is 0.286. The molecule has 0 saturated heterocycles. The van der Waals surface area contributed by atoms with Crippen LogP contribution in [0.5, 0.6) is 0 Å². The summed E-state index contributed by atoms with van der Waals surface area (Å²) in [5.41, 5.74) is 9.40.